The lowest BCUT2D eigenvalue weighted by molar-refractivity contribution is -0.139. The summed E-state index contributed by atoms with van der Waals surface area (Å²) in [5.41, 5.74) is 2.19. The van der Waals surface area contributed by atoms with E-state index in [0.717, 1.165) is 5.56 Å². The third kappa shape index (κ3) is 7.07. The van der Waals surface area contributed by atoms with Gasteiger partial charge < -0.3 is 26.2 Å². The van der Waals surface area contributed by atoms with E-state index in [1.54, 1.807) is 36.4 Å². The van der Waals surface area contributed by atoms with E-state index in [-0.39, 0.29) is 35.0 Å². The Morgan fingerprint density at radius 1 is 0.861 bits per heavy atom. The van der Waals surface area contributed by atoms with Crippen LogP contribution in [0.15, 0.2) is 66.7 Å². The van der Waals surface area contributed by atoms with Crippen LogP contribution in [0.3, 0.4) is 0 Å². The first-order valence-corrected chi connectivity index (χ1v) is 11.3. The summed E-state index contributed by atoms with van der Waals surface area (Å²) in [6.45, 7) is 1.70. The van der Waals surface area contributed by atoms with Crippen molar-refractivity contribution in [2.75, 3.05) is 6.54 Å². The Kier molecular flexibility index (Phi) is 8.64. The summed E-state index contributed by atoms with van der Waals surface area (Å²) in [4.78, 5) is 49.0. The molecule has 0 aliphatic heterocycles. The predicted octanol–water partition coefficient (Wildman–Crippen LogP) is 2.90. The summed E-state index contributed by atoms with van der Waals surface area (Å²) < 4.78 is 0. The van der Waals surface area contributed by atoms with Gasteiger partial charge in [0, 0.05) is 24.2 Å². The van der Waals surface area contributed by atoms with Crippen molar-refractivity contribution in [1.29, 1.82) is 0 Å². The van der Waals surface area contributed by atoms with Crippen molar-refractivity contribution in [3.8, 4) is 5.75 Å². The van der Waals surface area contributed by atoms with Gasteiger partial charge in [0.2, 0.25) is 0 Å². The zero-order valence-electron chi connectivity index (χ0n) is 19.2. The molecule has 0 radical (unpaired) electrons. The molecule has 0 unspecified atom stereocenters. The molecule has 10 heteroatoms. The second kappa shape index (κ2) is 11.9. The van der Waals surface area contributed by atoms with Crippen molar-refractivity contribution in [3.63, 3.8) is 0 Å². The summed E-state index contributed by atoms with van der Waals surface area (Å²) in [6.07, 6.45) is 0. The Labute approximate surface area is 212 Å². The van der Waals surface area contributed by atoms with Crippen LogP contribution in [0, 0.1) is 6.92 Å². The lowest BCUT2D eigenvalue weighted by Gasteiger charge is -2.16. The highest BCUT2D eigenvalue weighted by Gasteiger charge is 2.23. The third-order valence-corrected chi connectivity index (χ3v) is 5.54. The SMILES string of the molecule is Cc1ccc(C(=O)NC[C@H](NC(=O)c2ccc(C(=O)NCc3cccc(O)c3)cc2Cl)C(=O)O)cc1. The number of hydrogen-bond acceptors (Lipinski definition) is 5. The zero-order valence-corrected chi connectivity index (χ0v) is 20.0. The van der Waals surface area contributed by atoms with Crippen LogP contribution in [0.5, 0.6) is 5.75 Å². The molecule has 0 saturated carbocycles. The van der Waals surface area contributed by atoms with E-state index in [9.17, 15) is 29.4 Å². The molecule has 36 heavy (non-hydrogen) atoms. The smallest absolute Gasteiger partial charge is 0.328 e. The van der Waals surface area contributed by atoms with Gasteiger partial charge in [-0.3, -0.25) is 14.4 Å². The van der Waals surface area contributed by atoms with Crippen LogP contribution in [-0.4, -0.2) is 46.5 Å². The molecule has 0 saturated heterocycles. The second-order valence-electron chi connectivity index (χ2n) is 7.99. The van der Waals surface area contributed by atoms with Crippen molar-refractivity contribution in [3.05, 3.63) is 99.6 Å². The van der Waals surface area contributed by atoms with Gasteiger partial charge in [-0.15, -0.1) is 0 Å². The van der Waals surface area contributed by atoms with Crippen molar-refractivity contribution < 1.29 is 29.4 Å². The Morgan fingerprint density at radius 2 is 1.53 bits per heavy atom. The molecule has 0 heterocycles. The van der Waals surface area contributed by atoms with E-state index in [2.05, 4.69) is 16.0 Å². The monoisotopic (exact) mass is 509 g/mol. The van der Waals surface area contributed by atoms with Crippen molar-refractivity contribution >= 4 is 35.3 Å². The molecule has 3 aromatic carbocycles. The van der Waals surface area contributed by atoms with Gasteiger partial charge in [-0.2, -0.15) is 0 Å². The molecule has 0 bridgehead atoms. The van der Waals surface area contributed by atoms with Crippen LogP contribution < -0.4 is 16.0 Å². The van der Waals surface area contributed by atoms with E-state index in [0.29, 0.717) is 11.1 Å². The van der Waals surface area contributed by atoms with E-state index < -0.39 is 29.7 Å². The largest absolute Gasteiger partial charge is 0.508 e. The maximum absolute atomic E-state index is 12.7. The number of aliphatic carboxylic acids is 1. The highest BCUT2D eigenvalue weighted by molar-refractivity contribution is 6.34. The van der Waals surface area contributed by atoms with Crippen molar-refractivity contribution in [1.82, 2.24) is 16.0 Å². The number of carboxylic acid groups (broad SMARTS) is 1. The van der Waals surface area contributed by atoms with Gasteiger partial charge in [-0.1, -0.05) is 41.4 Å². The summed E-state index contributed by atoms with van der Waals surface area (Å²) in [6, 6.07) is 15.7. The molecule has 3 amide bonds. The molecule has 3 aromatic rings. The third-order valence-electron chi connectivity index (χ3n) is 5.22. The lowest BCUT2D eigenvalue weighted by atomic mass is 10.1. The number of nitrogens with one attached hydrogen (secondary N) is 3. The van der Waals surface area contributed by atoms with Crippen LogP contribution in [0.2, 0.25) is 5.02 Å². The molecule has 0 aliphatic carbocycles. The summed E-state index contributed by atoms with van der Waals surface area (Å²) in [5.74, 6) is -2.96. The number of phenolic OH excluding ortho intramolecular Hbond substituents is 1. The fourth-order valence-corrected chi connectivity index (χ4v) is 3.50. The van der Waals surface area contributed by atoms with Crippen molar-refractivity contribution in [2.45, 2.75) is 19.5 Å². The van der Waals surface area contributed by atoms with Gasteiger partial charge in [-0.25, -0.2) is 4.79 Å². The Hall–Kier alpha value is -4.37. The van der Waals surface area contributed by atoms with Crippen LogP contribution in [0.1, 0.15) is 42.2 Å². The van der Waals surface area contributed by atoms with Crippen LogP contribution in [0.25, 0.3) is 0 Å². The number of carbonyl (C=O) groups is 4. The molecular weight excluding hydrogens is 486 g/mol. The molecule has 5 N–H and O–H groups in total. The van der Waals surface area contributed by atoms with Crippen molar-refractivity contribution in [2.24, 2.45) is 0 Å². The second-order valence-corrected chi connectivity index (χ2v) is 8.39. The summed E-state index contributed by atoms with van der Waals surface area (Å²) in [5, 5.41) is 26.4. The van der Waals surface area contributed by atoms with Gasteiger partial charge in [0.25, 0.3) is 17.7 Å². The minimum Gasteiger partial charge on any atom is -0.508 e. The average Bonchev–Trinajstić information content (AvgIpc) is 2.85. The van der Waals surface area contributed by atoms with E-state index >= 15 is 0 Å². The number of aromatic hydroxyl groups is 1. The van der Waals surface area contributed by atoms with E-state index in [4.69, 9.17) is 11.6 Å². The molecule has 0 aromatic heterocycles. The Bertz CT molecular complexity index is 1290. The molecule has 9 nitrogen and oxygen atoms in total. The number of carbonyl (C=O) groups excluding carboxylic acids is 3. The quantitative estimate of drug-likeness (QED) is 0.300. The van der Waals surface area contributed by atoms with Gasteiger partial charge in [0.05, 0.1) is 10.6 Å². The first kappa shape index (κ1) is 26.2. The van der Waals surface area contributed by atoms with E-state index in [1.807, 2.05) is 6.92 Å². The molecular formula is C26H24ClN3O6. The number of carboxylic acids is 1. The first-order valence-electron chi connectivity index (χ1n) is 10.9. The molecule has 0 fully saturated rings. The predicted molar refractivity (Wildman–Crippen MR) is 133 cm³/mol. The number of hydrogen-bond donors (Lipinski definition) is 5. The fourth-order valence-electron chi connectivity index (χ4n) is 3.23. The molecule has 1 atom stereocenters. The number of halogens is 1. The molecule has 3 rings (SSSR count). The maximum Gasteiger partial charge on any atom is 0.328 e. The van der Waals surface area contributed by atoms with Gasteiger partial charge in [0.15, 0.2) is 0 Å². The number of phenols is 1. The standard InChI is InChI=1S/C26H24ClN3O6/c1-15-5-7-17(8-6-15)23(32)29-14-22(26(35)36)30-25(34)20-10-9-18(12-21(20)27)24(33)28-13-16-3-2-4-19(31)11-16/h2-12,22,31H,13-14H2,1H3,(H,28,33)(H,29,32)(H,30,34)(H,35,36)/t22-/m0/s1. The molecule has 186 valence electrons. The lowest BCUT2D eigenvalue weighted by Crippen LogP contribution is -2.48. The molecule has 0 aliphatic rings. The Morgan fingerprint density at radius 3 is 2.17 bits per heavy atom. The number of amides is 3. The number of rotatable bonds is 9. The minimum absolute atomic E-state index is 0.0303. The minimum atomic E-state index is -1.41. The Balaban J connectivity index is 1.60. The topological polar surface area (TPSA) is 145 Å². The average molecular weight is 510 g/mol. The fraction of sp³-hybridized carbons (Fsp3) is 0.154. The van der Waals surface area contributed by atoms with Gasteiger partial charge >= 0.3 is 5.97 Å². The highest BCUT2D eigenvalue weighted by Crippen LogP contribution is 2.19. The van der Waals surface area contributed by atoms with E-state index in [1.165, 1.54) is 30.3 Å². The number of aryl methyl sites for hydroxylation is 1. The maximum atomic E-state index is 12.7. The summed E-state index contributed by atoms with van der Waals surface area (Å²) in [7, 11) is 0. The first-order chi connectivity index (χ1) is 17.1. The van der Waals surface area contributed by atoms with Gasteiger partial charge in [0.1, 0.15) is 11.8 Å². The normalized spacial score (nSPS) is 11.3. The zero-order chi connectivity index (χ0) is 26.2. The van der Waals surface area contributed by atoms with Crippen LogP contribution in [0.4, 0.5) is 0 Å². The van der Waals surface area contributed by atoms with Crippen LogP contribution >= 0.6 is 11.6 Å². The summed E-state index contributed by atoms with van der Waals surface area (Å²) >= 11 is 6.20. The molecule has 0 spiro atoms. The van der Waals surface area contributed by atoms with Gasteiger partial charge in [-0.05, 0) is 55.0 Å². The highest BCUT2D eigenvalue weighted by atomic mass is 35.5. The van der Waals surface area contributed by atoms with Crippen LogP contribution in [-0.2, 0) is 11.3 Å². The number of benzene rings is 3.